The van der Waals surface area contributed by atoms with E-state index in [0.717, 1.165) is 9.90 Å². The summed E-state index contributed by atoms with van der Waals surface area (Å²) < 4.78 is 0. The minimum Gasteiger partial charge on any atom is -0.339 e. The standard InChI is InChI=1S/C24H25N5O3S2/c1-15(2)29-13-17(12-21(29)30)23(32)25-18-10-8-16(9-11-18)22(31)26-24-28-27-20(34-24)14-33-19-6-4-3-5-7-19/h3-11,15,17H,12-14H2,1-2H3,(H,25,32)(H,26,28,31). The Balaban J connectivity index is 1.28. The number of anilines is 2. The summed E-state index contributed by atoms with van der Waals surface area (Å²) in [5, 5.41) is 15.1. The highest BCUT2D eigenvalue weighted by Crippen LogP contribution is 2.26. The van der Waals surface area contributed by atoms with Crippen molar-refractivity contribution in [1.82, 2.24) is 15.1 Å². The summed E-state index contributed by atoms with van der Waals surface area (Å²) in [6, 6.07) is 16.7. The summed E-state index contributed by atoms with van der Waals surface area (Å²) in [4.78, 5) is 40.0. The molecule has 1 aliphatic rings. The molecule has 2 N–H and O–H groups in total. The lowest BCUT2D eigenvalue weighted by atomic mass is 10.1. The van der Waals surface area contributed by atoms with Gasteiger partial charge in [-0.3, -0.25) is 19.7 Å². The average molecular weight is 496 g/mol. The Hall–Kier alpha value is -3.24. The van der Waals surface area contributed by atoms with E-state index in [-0.39, 0.29) is 36.1 Å². The highest BCUT2D eigenvalue weighted by molar-refractivity contribution is 7.98. The lowest BCUT2D eigenvalue weighted by molar-refractivity contribution is -0.129. The molecule has 0 aliphatic carbocycles. The highest BCUT2D eigenvalue weighted by Gasteiger charge is 2.35. The molecular weight excluding hydrogens is 470 g/mol. The zero-order valence-corrected chi connectivity index (χ0v) is 20.5. The summed E-state index contributed by atoms with van der Waals surface area (Å²) >= 11 is 3.00. The first kappa shape index (κ1) is 23.9. The molecule has 8 nitrogen and oxygen atoms in total. The topological polar surface area (TPSA) is 104 Å². The molecule has 1 fully saturated rings. The number of thioether (sulfide) groups is 1. The van der Waals surface area contributed by atoms with E-state index in [2.05, 4.69) is 20.8 Å². The smallest absolute Gasteiger partial charge is 0.257 e. The number of likely N-dealkylation sites (tertiary alicyclic amines) is 1. The normalized spacial score (nSPS) is 15.6. The van der Waals surface area contributed by atoms with Crippen molar-refractivity contribution < 1.29 is 14.4 Å². The number of benzene rings is 2. The van der Waals surface area contributed by atoms with Crippen molar-refractivity contribution in [2.75, 3.05) is 17.2 Å². The molecule has 176 valence electrons. The number of nitrogens with zero attached hydrogens (tertiary/aromatic N) is 3. The van der Waals surface area contributed by atoms with Gasteiger partial charge in [0.15, 0.2) is 0 Å². The van der Waals surface area contributed by atoms with Gasteiger partial charge in [-0.15, -0.1) is 22.0 Å². The molecule has 1 unspecified atom stereocenters. The number of carbonyl (C=O) groups is 3. The minimum absolute atomic E-state index is 0.000613. The second kappa shape index (κ2) is 10.8. The molecule has 3 amide bonds. The SMILES string of the molecule is CC(C)N1CC(C(=O)Nc2ccc(C(=O)Nc3nnc(CSc4ccccc4)s3)cc2)CC1=O. The van der Waals surface area contributed by atoms with Crippen LogP contribution in [0.2, 0.25) is 0 Å². The Morgan fingerprint density at radius 2 is 1.82 bits per heavy atom. The summed E-state index contributed by atoms with van der Waals surface area (Å²) in [7, 11) is 0. The lowest BCUT2D eigenvalue weighted by Gasteiger charge is -2.20. The maximum absolute atomic E-state index is 12.6. The van der Waals surface area contributed by atoms with E-state index in [4.69, 9.17) is 0 Å². The van der Waals surface area contributed by atoms with Gasteiger partial charge in [-0.05, 0) is 50.2 Å². The van der Waals surface area contributed by atoms with Gasteiger partial charge in [-0.25, -0.2) is 0 Å². The van der Waals surface area contributed by atoms with Gasteiger partial charge < -0.3 is 10.2 Å². The second-order valence-corrected chi connectivity index (χ2v) is 10.3. The Kier molecular flexibility index (Phi) is 7.59. The Morgan fingerprint density at radius 3 is 2.50 bits per heavy atom. The molecule has 1 saturated heterocycles. The fourth-order valence-electron chi connectivity index (χ4n) is 3.55. The monoisotopic (exact) mass is 495 g/mol. The molecule has 1 atom stereocenters. The fourth-order valence-corrected chi connectivity index (χ4v) is 5.19. The number of aromatic nitrogens is 2. The summed E-state index contributed by atoms with van der Waals surface area (Å²) in [6.07, 6.45) is 0.220. The van der Waals surface area contributed by atoms with Gasteiger partial charge in [-0.2, -0.15) is 0 Å². The van der Waals surface area contributed by atoms with Crippen LogP contribution in [0.4, 0.5) is 10.8 Å². The molecule has 1 aliphatic heterocycles. The van der Waals surface area contributed by atoms with Gasteiger partial charge in [0.2, 0.25) is 16.9 Å². The van der Waals surface area contributed by atoms with Crippen LogP contribution in [0.15, 0.2) is 59.5 Å². The van der Waals surface area contributed by atoms with Crippen molar-refractivity contribution in [2.24, 2.45) is 5.92 Å². The predicted octanol–water partition coefficient (Wildman–Crippen LogP) is 4.28. The largest absolute Gasteiger partial charge is 0.339 e. The number of nitrogens with one attached hydrogen (secondary N) is 2. The molecular formula is C24H25N5O3S2. The molecule has 34 heavy (non-hydrogen) atoms. The lowest BCUT2D eigenvalue weighted by Crippen LogP contribution is -2.33. The first-order valence-corrected chi connectivity index (χ1v) is 12.7. The first-order chi connectivity index (χ1) is 16.4. The third-order valence-electron chi connectivity index (χ3n) is 5.36. The molecule has 0 radical (unpaired) electrons. The van der Waals surface area contributed by atoms with E-state index in [1.54, 1.807) is 40.9 Å². The summed E-state index contributed by atoms with van der Waals surface area (Å²) in [6.45, 7) is 4.30. The number of hydrogen-bond acceptors (Lipinski definition) is 7. The van der Waals surface area contributed by atoms with Gasteiger partial charge in [0.05, 0.1) is 11.7 Å². The second-order valence-electron chi connectivity index (χ2n) is 8.16. The van der Waals surface area contributed by atoms with Crippen LogP contribution >= 0.6 is 23.1 Å². The molecule has 0 bridgehead atoms. The van der Waals surface area contributed by atoms with E-state index in [9.17, 15) is 14.4 Å². The van der Waals surface area contributed by atoms with Crippen LogP contribution in [0.25, 0.3) is 0 Å². The van der Waals surface area contributed by atoms with E-state index in [0.29, 0.717) is 28.7 Å². The third-order valence-corrected chi connectivity index (χ3v) is 7.40. The van der Waals surface area contributed by atoms with Crippen LogP contribution in [0, 0.1) is 5.92 Å². The summed E-state index contributed by atoms with van der Waals surface area (Å²) in [5.41, 5.74) is 1.02. The van der Waals surface area contributed by atoms with Crippen LogP contribution in [0.3, 0.4) is 0 Å². The quantitative estimate of drug-likeness (QED) is 0.452. The zero-order chi connectivity index (χ0) is 24.1. The molecule has 1 aromatic heterocycles. The zero-order valence-electron chi connectivity index (χ0n) is 18.9. The third kappa shape index (κ3) is 6.00. The van der Waals surface area contributed by atoms with E-state index < -0.39 is 0 Å². The van der Waals surface area contributed by atoms with Crippen molar-refractivity contribution in [3.8, 4) is 0 Å². The highest BCUT2D eigenvalue weighted by atomic mass is 32.2. The van der Waals surface area contributed by atoms with Gasteiger partial charge in [0.25, 0.3) is 5.91 Å². The van der Waals surface area contributed by atoms with E-state index in [1.807, 2.05) is 44.2 Å². The summed E-state index contributed by atoms with van der Waals surface area (Å²) in [5.74, 6) is -0.188. The molecule has 2 aromatic carbocycles. The van der Waals surface area contributed by atoms with E-state index >= 15 is 0 Å². The molecule has 2 heterocycles. The Morgan fingerprint density at radius 1 is 1.09 bits per heavy atom. The Labute approximate surface area is 206 Å². The minimum atomic E-state index is -0.371. The molecule has 4 rings (SSSR count). The molecule has 0 saturated carbocycles. The number of amides is 3. The van der Waals surface area contributed by atoms with Crippen molar-refractivity contribution in [3.05, 3.63) is 65.2 Å². The Bertz CT molecular complexity index is 1160. The maximum Gasteiger partial charge on any atom is 0.257 e. The number of carbonyl (C=O) groups excluding carboxylic acids is 3. The first-order valence-electron chi connectivity index (χ1n) is 10.9. The van der Waals surface area contributed by atoms with Crippen LogP contribution < -0.4 is 10.6 Å². The maximum atomic E-state index is 12.6. The average Bonchev–Trinajstić information content (AvgIpc) is 3.45. The van der Waals surface area contributed by atoms with Crippen molar-refractivity contribution in [3.63, 3.8) is 0 Å². The van der Waals surface area contributed by atoms with Crippen molar-refractivity contribution >= 4 is 51.6 Å². The molecule has 0 spiro atoms. The number of rotatable bonds is 8. The van der Waals surface area contributed by atoms with Crippen LogP contribution in [0.5, 0.6) is 0 Å². The fraction of sp³-hybridized carbons (Fsp3) is 0.292. The van der Waals surface area contributed by atoms with Crippen molar-refractivity contribution in [1.29, 1.82) is 0 Å². The van der Waals surface area contributed by atoms with Crippen LogP contribution in [-0.4, -0.2) is 45.4 Å². The molecule has 10 heteroatoms. The predicted molar refractivity (Wildman–Crippen MR) is 134 cm³/mol. The van der Waals surface area contributed by atoms with Gasteiger partial charge >= 0.3 is 0 Å². The van der Waals surface area contributed by atoms with Gasteiger partial charge in [-0.1, -0.05) is 29.5 Å². The van der Waals surface area contributed by atoms with Crippen LogP contribution in [0.1, 0.15) is 35.6 Å². The van der Waals surface area contributed by atoms with Gasteiger partial charge in [0, 0.05) is 35.2 Å². The van der Waals surface area contributed by atoms with Crippen LogP contribution in [-0.2, 0) is 15.3 Å². The van der Waals surface area contributed by atoms with Gasteiger partial charge in [0.1, 0.15) is 5.01 Å². The molecule has 3 aromatic rings. The van der Waals surface area contributed by atoms with Crippen molar-refractivity contribution in [2.45, 2.75) is 37.0 Å². The van der Waals surface area contributed by atoms with E-state index in [1.165, 1.54) is 11.3 Å². The number of hydrogen-bond donors (Lipinski definition) is 2.